The number of nitrogens with one attached hydrogen (secondary N) is 2. The van der Waals surface area contributed by atoms with Crippen LogP contribution < -0.4 is 10.6 Å². The lowest BCUT2D eigenvalue weighted by molar-refractivity contribution is 0.183. The van der Waals surface area contributed by atoms with Crippen LogP contribution in [0.5, 0.6) is 0 Å². The lowest BCUT2D eigenvalue weighted by atomic mass is 10.1. The van der Waals surface area contributed by atoms with Gasteiger partial charge < -0.3 is 15.4 Å². The normalized spacial score (nSPS) is 12.0. The van der Waals surface area contributed by atoms with Gasteiger partial charge in [-0.3, -0.25) is 4.68 Å². The van der Waals surface area contributed by atoms with E-state index in [1.165, 1.54) is 6.20 Å². The summed E-state index contributed by atoms with van der Waals surface area (Å²) in [6, 6.07) is 1.89. The van der Waals surface area contributed by atoms with E-state index in [0.29, 0.717) is 18.8 Å². The SMILES string of the molecule is COCCn1cc(NC(=O)NC(C)c2cc(F)ccc2F)cn1. The van der Waals surface area contributed by atoms with Crippen LogP contribution in [0, 0.1) is 11.6 Å². The molecule has 0 saturated carbocycles. The molecule has 1 atom stereocenters. The Morgan fingerprint density at radius 2 is 2.22 bits per heavy atom. The fourth-order valence-electron chi connectivity index (χ4n) is 2.02. The minimum atomic E-state index is -0.686. The van der Waals surface area contributed by atoms with E-state index >= 15 is 0 Å². The standard InChI is InChI=1S/C15H18F2N4O2/c1-10(13-7-11(16)3-4-14(13)17)19-15(22)20-12-8-18-21(9-12)5-6-23-2/h3-4,7-10H,5-6H2,1-2H3,(H2,19,20,22). The molecule has 0 aliphatic carbocycles. The molecule has 0 radical (unpaired) electrons. The third-order valence-corrected chi connectivity index (χ3v) is 3.19. The maximum atomic E-state index is 13.7. The molecule has 124 valence electrons. The number of urea groups is 1. The van der Waals surface area contributed by atoms with Gasteiger partial charge in [0.1, 0.15) is 11.6 Å². The molecule has 2 N–H and O–H groups in total. The molecule has 23 heavy (non-hydrogen) atoms. The van der Waals surface area contributed by atoms with Crippen molar-refractivity contribution in [2.45, 2.75) is 19.5 Å². The fourth-order valence-corrected chi connectivity index (χ4v) is 2.02. The van der Waals surface area contributed by atoms with Gasteiger partial charge in [0.15, 0.2) is 0 Å². The highest BCUT2D eigenvalue weighted by molar-refractivity contribution is 5.89. The molecule has 2 aromatic rings. The first-order chi connectivity index (χ1) is 11.0. The van der Waals surface area contributed by atoms with Crippen molar-refractivity contribution in [1.29, 1.82) is 0 Å². The molecular formula is C15H18F2N4O2. The number of methoxy groups -OCH3 is 1. The summed E-state index contributed by atoms with van der Waals surface area (Å²) in [5.74, 6) is -1.14. The number of benzene rings is 1. The van der Waals surface area contributed by atoms with Gasteiger partial charge in [0.25, 0.3) is 0 Å². The summed E-state index contributed by atoms with van der Waals surface area (Å²) in [6.45, 7) is 2.63. The minimum Gasteiger partial charge on any atom is -0.383 e. The van der Waals surface area contributed by atoms with Crippen LogP contribution in [-0.4, -0.2) is 29.5 Å². The number of hydrogen-bond acceptors (Lipinski definition) is 3. The molecule has 8 heteroatoms. The number of anilines is 1. The number of aromatic nitrogens is 2. The van der Waals surface area contributed by atoms with Gasteiger partial charge in [-0.1, -0.05) is 0 Å². The molecule has 1 aromatic heterocycles. The Kier molecular flexibility index (Phi) is 5.64. The average molecular weight is 324 g/mol. The third-order valence-electron chi connectivity index (χ3n) is 3.19. The quantitative estimate of drug-likeness (QED) is 0.858. The number of carbonyl (C=O) groups excluding carboxylic acids is 1. The van der Waals surface area contributed by atoms with Gasteiger partial charge in [0.2, 0.25) is 0 Å². The predicted molar refractivity (Wildman–Crippen MR) is 81.0 cm³/mol. The van der Waals surface area contributed by atoms with E-state index in [1.54, 1.807) is 24.9 Å². The van der Waals surface area contributed by atoms with E-state index in [2.05, 4.69) is 15.7 Å². The van der Waals surface area contributed by atoms with Crippen LogP contribution in [0.25, 0.3) is 0 Å². The molecule has 1 aromatic carbocycles. The number of rotatable bonds is 6. The number of ether oxygens (including phenoxy) is 1. The first-order valence-corrected chi connectivity index (χ1v) is 7.03. The fraction of sp³-hybridized carbons (Fsp3) is 0.333. The van der Waals surface area contributed by atoms with E-state index in [1.807, 2.05) is 0 Å². The van der Waals surface area contributed by atoms with Crippen molar-refractivity contribution in [3.63, 3.8) is 0 Å². The number of halogens is 2. The summed E-state index contributed by atoms with van der Waals surface area (Å²) in [6.07, 6.45) is 3.13. The number of carbonyl (C=O) groups is 1. The smallest absolute Gasteiger partial charge is 0.319 e. The van der Waals surface area contributed by atoms with Gasteiger partial charge in [-0.15, -0.1) is 0 Å². The topological polar surface area (TPSA) is 68.2 Å². The molecule has 0 spiro atoms. The molecular weight excluding hydrogens is 306 g/mol. The zero-order valence-corrected chi connectivity index (χ0v) is 12.8. The van der Waals surface area contributed by atoms with E-state index in [9.17, 15) is 13.6 Å². The van der Waals surface area contributed by atoms with Crippen LogP contribution in [0.1, 0.15) is 18.5 Å². The Morgan fingerprint density at radius 1 is 1.43 bits per heavy atom. The monoisotopic (exact) mass is 324 g/mol. The molecule has 1 unspecified atom stereocenters. The number of amides is 2. The van der Waals surface area contributed by atoms with Crippen molar-refractivity contribution in [3.05, 3.63) is 47.8 Å². The Labute approximate surface area is 132 Å². The first-order valence-electron chi connectivity index (χ1n) is 7.03. The summed E-state index contributed by atoms with van der Waals surface area (Å²) in [5.41, 5.74) is 0.571. The molecule has 2 rings (SSSR count). The van der Waals surface area contributed by atoms with Crippen molar-refractivity contribution in [1.82, 2.24) is 15.1 Å². The van der Waals surface area contributed by atoms with E-state index in [0.717, 1.165) is 18.2 Å². The predicted octanol–water partition coefficient (Wildman–Crippen LogP) is 2.69. The maximum absolute atomic E-state index is 13.7. The van der Waals surface area contributed by atoms with Gasteiger partial charge in [0, 0.05) is 18.9 Å². The Hall–Kier alpha value is -2.48. The maximum Gasteiger partial charge on any atom is 0.319 e. The van der Waals surface area contributed by atoms with Gasteiger partial charge >= 0.3 is 6.03 Å². The van der Waals surface area contributed by atoms with Gasteiger partial charge in [-0.2, -0.15) is 5.10 Å². The zero-order valence-electron chi connectivity index (χ0n) is 12.8. The van der Waals surface area contributed by atoms with Crippen molar-refractivity contribution in [2.75, 3.05) is 19.0 Å². The first kappa shape index (κ1) is 16.9. The van der Waals surface area contributed by atoms with Crippen LogP contribution >= 0.6 is 0 Å². The molecule has 0 saturated heterocycles. The highest BCUT2D eigenvalue weighted by Gasteiger charge is 2.15. The van der Waals surface area contributed by atoms with E-state index in [-0.39, 0.29) is 5.56 Å². The molecule has 1 heterocycles. The molecule has 0 aliphatic rings. The van der Waals surface area contributed by atoms with Crippen LogP contribution in [0.3, 0.4) is 0 Å². The van der Waals surface area contributed by atoms with E-state index < -0.39 is 23.7 Å². The summed E-state index contributed by atoms with van der Waals surface area (Å²) in [5, 5.41) is 9.18. The number of hydrogen-bond donors (Lipinski definition) is 2. The van der Waals surface area contributed by atoms with Crippen LogP contribution in [0.15, 0.2) is 30.6 Å². The minimum absolute atomic E-state index is 0.0796. The molecule has 6 nitrogen and oxygen atoms in total. The highest BCUT2D eigenvalue weighted by atomic mass is 19.1. The number of nitrogens with zero attached hydrogens (tertiary/aromatic N) is 2. The van der Waals surface area contributed by atoms with Gasteiger partial charge in [-0.05, 0) is 25.1 Å². The second kappa shape index (κ2) is 7.68. The summed E-state index contributed by atoms with van der Waals surface area (Å²) in [4.78, 5) is 11.9. The second-order valence-corrected chi connectivity index (χ2v) is 4.97. The summed E-state index contributed by atoms with van der Waals surface area (Å²) in [7, 11) is 1.59. The van der Waals surface area contributed by atoms with Crippen LogP contribution in [0.4, 0.5) is 19.3 Å². The average Bonchev–Trinajstić information content (AvgIpc) is 2.94. The zero-order chi connectivity index (χ0) is 16.8. The molecule has 0 fully saturated rings. The van der Waals surface area contributed by atoms with Crippen LogP contribution in [0.2, 0.25) is 0 Å². The summed E-state index contributed by atoms with van der Waals surface area (Å²) >= 11 is 0. The Bertz CT molecular complexity index is 675. The highest BCUT2D eigenvalue weighted by Crippen LogP contribution is 2.18. The molecule has 0 bridgehead atoms. The van der Waals surface area contributed by atoms with Gasteiger partial charge in [-0.25, -0.2) is 13.6 Å². The van der Waals surface area contributed by atoms with E-state index in [4.69, 9.17) is 4.74 Å². The largest absolute Gasteiger partial charge is 0.383 e. The Balaban J connectivity index is 1.93. The lowest BCUT2D eigenvalue weighted by Gasteiger charge is -2.15. The summed E-state index contributed by atoms with van der Waals surface area (Å²) < 4.78 is 33.4. The third kappa shape index (κ3) is 4.75. The van der Waals surface area contributed by atoms with Crippen LogP contribution in [-0.2, 0) is 11.3 Å². The molecule has 2 amide bonds. The second-order valence-electron chi connectivity index (χ2n) is 4.97. The van der Waals surface area contributed by atoms with Crippen molar-refractivity contribution in [3.8, 4) is 0 Å². The molecule has 0 aliphatic heterocycles. The van der Waals surface area contributed by atoms with Gasteiger partial charge in [0.05, 0.1) is 31.1 Å². The van der Waals surface area contributed by atoms with Crippen molar-refractivity contribution < 1.29 is 18.3 Å². The van der Waals surface area contributed by atoms with Crippen molar-refractivity contribution in [2.24, 2.45) is 0 Å². The van der Waals surface area contributed by atoms with Crippen molar-refractivity contribution >= 4 is 11.7 Å². The Morgan fingerprint density at radius 3 is 2.96 bits per heavy atom. The lowest BCUT2D eigenvalue weighted by Crippen LogP contribution is -2.31.